The van der Waals surface area contributed by atoms with Crippen molar-refractivity contribution in [1.82, 2.24) is 14.2 Å². The number of nitriles is 1. The minimum absolute atomic E-state index is 0.133. The van der Waals surface area contributed by atoms with Gasteiger partial charge in [0.2, 0.25) is 0 Å². The monoisotopic (exact) mass is 784 g/mol. The number of ether oxygens (including phenoxy) is 5. The van der Waals surface area contributed by atoms with Crippen LogP contribution in [-0.4, -0.2) is 72.6 Å². The van der Waals surface area contributed by atoms with Crippen LogP contribution in [0, 0.1) is 11.3 Å². The summed E-state index contributed by atoms with van der Waals surface area (Å²) in [7, 11) is 1.75. The van der Waals surface area contributed by atoms with E-state index in [1.807, 2.05) is 83.6 Å². The van der Waals surface area contributed by atoms with E-state index in [1.165, 1.54) is 0 Å². The highest BCUT2D eigenvalue weighted by atomic mass is 31.2. The average Bonchev–Trinajstić information content (AvgIpc) is 3.86. The second kappa shape index (κ2) is 21.4. The van der Waals surface area contributed by atoms with Gasteiger partial charge >= 0.3 is 0 Å². The first kappa shape index (κ1) is 43.0. The van der Waals surface area contributed by atoms with E-state index < -0.39 is 26.3 Å². The van der Waals surface area contributed by atoms with Gasteiger partial charge in [0.15, 0.2) is 0 Å². The van der Waals surface area contributed by atoms with Crippen LogP contribution in [0.1, 0.15) is 81.9 Å². The number of aromatic nitrogens is 2. The van der Waals surface area contributed by atoms with Crippen molar-refractivity contribution in [2.45, 2.75) is 96.1 Å². The molecule has 1 fully saturated rings. The number of hydrogen-bond donors (Lipinski definition) is 0. The Morgan fingerprint density at radius 1 is 0.946 bits per heavy atom. The SMILES string of the molecule is C=CCCCOCn1cnc([C@H]2C[C@H](OP(OCCC#N)N(C(C)C)C(C)C)[C@@H](COC(c3ccccc3)(c3ccc(OC)cc3)c3ccc(OC)cc3)O2)c1. The van der Waals surface area contributed by atoms with Crippen molar-refractivity contribution in [2.75, 3.05) is 34.0 Å². The molecule has 4 aromatic rings. The van der Waals surface area contributed by atoms with Gasteiger partial charge in [-0.15, -0.1) is 6.58 Å². The molecule has 3 aromatic carbocycles. The Kier molecular flexibility index (Phi) is 16.5. The van der Waals surface area contributed by atoms with E-state index in [0.717, 1.165) is 46.7 Å². The molecule has 0 saturated carbocycles. The minimum atomic E-state index is -1.56. The second-order valence-corrected chi connectivity index (χ2v) is 15.6. The molecule has 0 amide bonds. The van der Waals surface area contributed by atoms with Gasteiger partial charge in [0.05, 0.1) is 58.0 Å². The van der Waals surface area contributed by atoms with Gasteiger partial charge in [0.25, 0.3) is 8.53 Å². The van der Waals surface area contributed by atoms with Gasteiger partial charge in [-0.1, -0.05) is 60.7 Å². The van der Waals surface area contributed by atoms with E-state index in [0.29, 0.717) is 19.8 Å². The van der Waals surface area contributed by atoms with Crippen LogP contribution >= 0.6 is 8.53 Å². The van der Waals surface area contributed by atoms with Crippen LogP contribution in [0.15, 0.2) is 104 Å². The molecule has 56 heavy (non-hydrogen) atoms. The van der Waals surface area contributed by atoms with Crippen LogP contribution in [0.2, 0.25) is 0 Å². The van der Waals surface area contributed by atoms with E-state index in [-0.39, 0.29) is 37.8 Å². The lowest BCUT2D eigenvalue weighted by Crippen LogP contribution is -2.39. The summed E-state index contributed by atoms with van der Waals surface area (Å²) >= 11 is 0. The third-order valence-electron chi connectivity index (χ3n) is 9.65. The van der Waals surface area contributed by atoms with Crippen molar-refractivity contribution >= 4 is 8.53 Å². The maximum Gasteiger partial charge on any atom is 0.259 e. The maximum atomic E-state index is 9.35. The maximum absolute atomic E-state index is 9.35. The lowest BCUT2D eigenvalue weighted by Gasteiger charge is -2.39. The Labute approximate surface area is 334 Å². The zero-order valence-electron chi connectivity index (χ0n) is 33.6. The van der Waals surface area contributed by atoms with E-state index in [9.17, 15) is 5.26 Å². The topological polar surface area (TPSA) is 109 Å². The van der Waals surface area contributed by atoms with E-state index in [4.69, 9.17) is 37.7 Å². The third kappa shape index (κ3) is 10.8. The molecule has 11 nitrogen and oxygen atoms in total. The Bertz CT molecular complexity index is 1740. The molecule has 0 spiro atoms. The number of nitrogens with zero attached hydrogens (tertiary/aromatic N) is 4. The minimum Gasteiger partial charge on any atom is -0.497 e. The first-order valence-corrected chi connectivity index (χ1v) is 20.5. The Morgan fingerprint density at radius 2 is 1.57 bits per heavy atom. The molecule has 2 heterocycles. The Hall–Kier alpha value is -4.11. The summed E-state index contributed by atoms with van der Waals surface area (Å²) in [4.78, 5) is 4.75. The highest BCUT2D eigenvalue weighted by Gasteiger charge is 2.45. The van der Waals surface area contributed by atoms with Crippen LogP contribution in [-0.2, 0) is 35.6 Å². The quantitative estimate of drug-likeness (QED) is 0.0313. The van der Waals surface area contributed by atoms with Gasteiger partial charge in [-0.2, -0.15) is 5.26 Å². The van der Waals surface area contributed by atoms with Crippen LogP contribution in [0.25, 0.3) is 0 Å². The molecule has 0 aliphatic carbocycles. The molecule has 0 radical (unpaired) electrons. The summed E-state index contributed by atoms with van der Waals surface area (Å²) in [6.45, 7) is 13.8. The highest BCUT2D eigenvalue weighted by Crippen LogP contribution is 2.51. The molecule has 1 saturated heterocycles. The molecular weight excluding hydrogens is 727 g/mol. The molecule has 300 valence electrons. The summed E-state index contributed by atoms with van der Waals surface area (Å²) in [6, 6.07) is 28.6. The average molecular weight is 785 g/mol. The lowest BCUT2D eigenvalue weighted by atomic mass is 9.80. The van der Waals surface area contributed by atoms with Crippen LogP contribution in [0.5, 0.6) is 11.5 Å². The summed E-state index contributed by atoms with van der Waals surface area (Å²) in [5.41, 5.74) is 2.52. The van der Waals surface area contributed by atoms with Crippen molar-refractivity contribution < 1.29 is 32.7 Å². The molecule has 12 heteroatoms. The zero-order valence-corrected chi connectivity index (χ0v) is 34.5. The van der Waals surface area contributed by atoms with Gasteiger partial charge in [0, 0.05) is 31.3 Å². The van der Waals surface area contributed by atoms with Crippen LogP contribution < -0.4 is 9.47 Å². The normalized spacial score (nSPS) is 17.7. The molecule has 1 unspecified atom stereocenters. The lowest BCUT2D eigenvalue weighted by molar-refractivity contribution is -0.0811. The van der Waals surface area contributed by atoms with Crippen molar-refractivity contribution in [1.29, 1.82) is 5.26 Å². The smallest absolute Gasteiger partial charge is 0.259 e. The third-order valence-corrected chi connectivity index (χ3v) is 11.8. The second-order valence-electron chi connectivity index (χ2n) is 14.2. The summed E-state index contributed by atoms with van der Waals surface area (Å²) in [6.07, 6.45) is 6.96. The molecule has 0 bridgehead atoms. The number of imidazole rings is 1. The van der Waals surface area contributed by atoms with Crippen LogP contribution in [0.4, 0.5) is 0 Å². The number of methoxy groups -OCH3 is 2. The van der Waals surface area contributed by atoms with Crippen molar-refractivity contribution in [2.24, 2.45) is 0 Å². The molecule has 1 aliphatic heterocycles. The zero-order chi connectivity index (χ0) is 39.9. The summed E-state index contributed by atoms with van der Waals surface area (Å²) < 4.78 is 48.8. The fraction of sp³-hybridized carbons (Fsp3) is 0.455. The molecule has 0 N–H and O–H groups in total. The van der Waals surface area contributed by atoms with Crippen molar-refractivity contribution in [3.63, 3.8) is 0 Å². The number of allylic oxidation sites excluding steroid dienone is 1. The van der Waals surface area contributed by atoms with Crippen LogP contribution in [0.3, 0.4) is 0 Å². The highest BCUT2D eigenvalue weighted by molar-refractivity contribution is 7.44. The largest absolute Gasteiger partial charge is 0.497 e. The molecule has 5 rings (SSSR count). The first-order chi connectivity index (χ1) is 27.2. The first-order valence-electron chi connectivity index (χ1n) is 19.3. The molecular formula is C44H57N4O7P. The fourth-order valence-corrected chi connectivity index (χ4v) is 8.73. The van der Waals surface area contributed by atoms with Gasteiger partial charge in [0.1, 0.15) is 36.0 Å². The van der Waals surface area contributed by atoms with E-state index in [1.54, 1.807) is 20.5 Å². The van der Waals surface area contributed by atoms with Gasteiger partial charge < -0.3 is 37.3 Å². The fourth-order valence-electron chi connectivity index (χ4n) is 6.97. The predicted molar refractivity (Wildman–Crippen MR) is 218 cm³/mol. The molecule has 4 atom stereocenters. The number of hydrogen-bond acceptors (Lipinski definition) is 10. The van der Waals surface area contributed by atoms with E-state index >= 15 is 0 Å². The summed E-state index contributed by atoms with van der Waals surface area (Å²) in [5, 5.41) is 9.35. The summed E-state index contributed by atoms with van der Waals surface area (Å²) in [5.74, 6) is 1.49. The van der Waals surface area contributed by atoms with E-state index in [2.05, 4.69) is 57.1 Å². The van der Waals surface area contributed by atoms with Gasteiger partial charge in [-0.3, -0.25) is 0 Å². The predicted octanol–water partition coefficient (Wildman–Crippen LogP) is 9.34. The van der Waals surface area contributed by atoms with Gasteiger partial charge in [-0.25, -0.2) is 9.65 Å². The molecule has 1 aliphatic rings. The Morgan fingerprint density at radius 3 is 2.14 bits per heavy atom. The number of unbranched alkanes of at least 4 members (excludes halogenated alkanes) is 1. The standard InChI is InChI=1S/C44H57N4O7P/c1-8-9-13-26-51-32-47-29-40(46-31-47)41-28-42(55-56(53-27-14-25-45)48(33(2)3)34(4)5)43(54-41)30-52-44(35-15-11-10-12-16-35,36-17-21-38(49-6)22-18-36)37-19-23-39(50-7)24-20-37/h8,10-12,15-24,29,31,33-34,41-43H,1,9,13-14,26-28,30,32H2,2-7H3/t41-,42+,43-,56?/m1/s1. The number of rotatable bonds is 23. The Balaban J connectivity index is 1.52. The van der Waals surface area contributed by atoms with Crippen molar-refractivity contribution in [3.8, 4) is 17.6 Å². The molecule has 1 aromatic heterocycles. The number of benzene rings is 3. The van der Waals surface area contributed by atoms with Crippen molar-refractivity contribution in [3.05, 3.63) is 126 Å². The van der Waals surface area contributed by atoms with Gasteiger partial charge in [-0.05, 0) is 81.5 Å².